The van der Waals surface area contributed by atoms with E-state index in [-0.39, 0.29) is 11.9 Å². The molecule has 0 aromatic carbocycles. The summed E-state index contributed by atoms with van der Waals surface area (Å²) in [4.78, 5) is 12.8. The van der Waals surface area contributed by atoms with E-state index < -0.39 is 0 Å². The van der Waals surface area contributed by atoms with E-state index in [2.05, 4.69) is 28.2 Å². The topological polar surface area (TPSA) is 38.3 Å². The number of hydrogen-bond donors (Lipinski definition) is 1. The zero-order valence-corrected chi connectivity index (χ0v) is 12.1. The highest BCUT2D eigenvalue weighted by molar-refractivity contribution is 9.10. The van der Waals surface area contributed by atoms with Crippen molar-refractivity contribution in [1.82, 2.24) is 5.32 Å². The molecule has 1 aliphatic rings. The van der Waals surface area contributed by atoms with Crippen LogP contribution in [0.1, 0.15) is 29.4 Å². The van der Waals surface area contributed by atoms with Crippen molar-refractivity contribution in [3.8, 4) is 0 Å². The van der Waals surface area contributed by atoms with Gasteiger partial charge < -0.3 is 10.1 Å². The van der Waals surface area contributed by atoms with Crippen LogP contribution in [0.2, 0.25) is 0 Å². The quantitative estimate of drug-likeness (QED) is 0.930. The van der Waals surface area contributed by atoms with Gasteiger partial charge in [-0.15, -0.1) is 11.3 Å². The molecule has 1 aromatic heterocycles. The van der Waals surface area contributed by atoms with Crippen LogP contribution in [0, 0.1) is 5.92 Å². The summed E-state index contributed by atoms with van der Waals surface area (Å²) >= 11 is 4.85. The van der Waals surface area contributed by atoms with Gasteiger partial charge in [-0.2, -0.15) is 0 Å². The number of halogens is 1. The predicted octanol–water partition coefficient (Wildman–Crippen LogP) is 3.06. The molecule has 0 bridgehead atoms. The first-order valence-corrected chi connectivity index (χ1v) is 7.47. The van der Waals surface area contributed by atoms with Gasteiger partial charge in [-0.25, -0.2) is 0 Å². The van der Waals surface area contributed by atoms with Gasteiger partial charge >= 0.3 is 0 Å². The number of thiophene rings is 1. The van der Waals surface area contributed by atoms with Gasteiger partial charge in [0.1, 0.15) is 4.88 Å². The minimum absolute atomic E-state index is 0.0193. The van der Waals surface area contributed by atoms with Crippen LogP contribution >= 0.6 is 27.3 Å². The maximum atomic E-state index is 12.0. The van der Waals surface area contributed by atoms with Crippen molar-refractivity contribution in [3.05, 3.63) is 20.8 Å². The van der Waals surface area contributed by atoms with Crippen LogP contribution in [-0.2, 0) is 4.74 Å². The number of nitrogens with one attached hydrogen (secondary N) is 1. The first-order valence-electron chi connectivity index (χ1n) is 5.80. The monoisotopic (exact) mass is 317 g/mol. The molecule has 0 aliphatic carbocycles. The molecule has 1 unspecified atom stereocenters. The molecule has 0 spiro atoms. The van der Waals surface area contributed by atoms with E-state index in [1.165, 1.54) is 11.3 Å². The standard InChI is InChI=1S/C12H16BrNO2S/c1-8(9-2-5-16-6-3-9)14-12(15)11-10(13)4-7-17-11/h4,7-9H,2-3,5-6H2,1H3,(H,14,15). The summed E-state index contributed by atoms with van der Waals surface area (Å²) in [5.41, 5.74) is 0. The second kappa shape index (κ2) is 5.98. The zero-order chi connectivity index (χ0) is 12.3. The van der Waals surface area contributed by atoms with Crippen molar-refractivity contribution in [1.29, 1.82) is 0 Å². The molecule has 1 aromatic rings. The largest absolute Gasteiger partial charge is 0.381 e. The molecular weight excluding hydrogens is 302 g/mol. The van der Waals surface area contributed by atoms with E-state index in [0.29, 0.717) is 5.92 Å². The summed E-state index contributed by atoms with van der Waals surface area (Å²) in [6.07, 6.45) is 2.07. The zero-order valence-electron chi connectivity index (χ0n) is 9.74. The van der Waals surface area contributed by atoms with E-state index in [4.69, 9.17) is 4.74 Å². The summed E-state index contributed by atoms with van der Waals surface area (Å²) in [5.74, 6) is 0.553. The molecule has 3 nitrogen and oxygen atoms in total. The van der Waals surface area contributed by atoms with Gasteiger partial charge in [0.25, 0.3) is 5.91 Å². The second-order valence-electron chi connectivity index (χ2n) is 4.31. The Morgan fingerprint density at radius 1 is 1.59 bits per heavy atom. The molecule has 0 radical (unpaired) electrons. The third-order valence-corrected chi connectivity index (χ3v) is 4.99. The summed E-state index contributed by atoms with van der Waals surface area (Å²) < 4.78 is 6.20. The average Bonchev–Trinajstić information content (AvgIpc) is 2.76. The van der Waals surface area contributed by atoms with Crippen LogP contribution in [0.3, 0.4) is 0 Å². The molecule has 5 heteroatoms. The molecule has 1 saturated heterocycles. The Balaban J connectivity index is 1.92. The van der Waals surface area contributed by atoms with Gasteiger partial charge in [-0.05, 0) is 53.1 Å². The minimum Gasteiger partial charge on any atom is -0.381 e. The van der Waals surface area contributed by atoms with E-state index >= 15 is 0 Å². The lowest BCUT2D eigenvalue weighted by atomic mass is 9.93. The number of amides is 1. The number of rotatable bonds is 3. The van der Waals surface area contributed by atoms with Crippen LogP contribution in [0.25, 0.3) is 0 Å². The van der Waals surface area contributed by atoms with E-state index in [0.717, 1.165) is 35.4 Å². The highest BCUT2D eigenvalue weighted by atomic mass is 79.9. The summed E-state index contributed by atoms with van der Waals surface area (Å²) in [7, 11) is 0. The molecular formula is C12H16BrNO2S. The van der Waals surface area contributed by atoms with Crippen LogP contribution < -0.4 is 5.32 Å². The third kappa shape index (κ3) is 3.30. The Bertz CT molecular complexity index is 388. The third-order valence-electron chi connectivity index (χ3n) is 3.16. The van der Waals surface area contributed by atoms with Crippen molar-refractivity contribution in [2.45, 2.75) is 25.8 Å². The molecule has 1 fully saturated rings. The fraction of sp³-hybridized carbons (Fsp3) is 0.583. The number of carbonyl (C=O) groups is 1. The fourth-order valence-electron chi connectivity index (χ4n) is 2.06. The Labute approximate surface area is 114 Å². The molecule has 1 amide bonds. The van der Waals surface area contributed by atoms with E-state index in [1.54, 1.807) is 0 Å². The maximum absolute atomic E-state index is 12.0. The lowest BCUT2D eigenvalue weighted by molar-refractivity contribution is 0.0539. The molecule has 1 atom stereocenters. The highest BCUT2D eigenvalue weighted by Gasteiger charge is 2.23. The van der Waals surface area contributed by atoms with Crippen molar-refractivity contribution >= 4 is 33.2 Å². The Morgan fingerprint density at radius 3 is 2.88 bits per heavy atom. The predicted molar refractivity (Wildman–Crippen MR) is 72.5 cm³/mol. The van der Waals surface area contributed by atoms with Gasteiger partial charge in [0, 0.05) is 23.7 Å². The number of carbonyl (C=O) groups excluding carboxylic acids is 1. The van der Waals surface area contributed by atoms with E-state index in [9.17, 15) is 4.79 Å². The van der Waals surface area contributed by atoms with Crippen molar-refractivity contribution in [3.63, 3.8) is 0 Å². The molecule has 1 N–H and O–H groups in total. The van der Waals surface area contributed by atoms with Gasteiger partial charge in [0.15, 0.2) is 0 Å². The lowest BCUT2D eigenvalue weighted by Crippen LogP contribution is -2.40. The van der Waals surface area contributed by atoms with Crippen LogP contribution in [-0.4, -0.2) is 25.2 Å². The van der Waals surface area contributed by atoms with Crippen molar-refractivity contribution < 1.29 is 9.53 Å². The van der Waals surface area contributed by atoms with E-state index in [1.807, 2.05) is 11.4 Å². The number of ether oxygens (including phenoxy) is 1. The highest BCUT2D eigenvalue weighted by Crippen LogP contribution is 2.24. The first kappa shape index (κ1) is 13.1. The normalized spacial score (nSPS) is 18.9. The van der Waals surface area contributed by atoms with Crippen LogP contribution in [0.5, 0.6) is 0 Å². The second-order valence-corrected chi connectivity index (χ2v) is 6.08. The fourth-order valence-corrected chi connectivity index (χ4v) is 3.52. The average molecular weight is 318 g/mol. The number of hydrogen-bond acceptors (Lipinski definition) is 3. The smallest absolute Gasteiger partial charge is 0.262 e. The summed E-state index contributed by atoms with van der Waals surface area (Å²) in [6, 6.07) is 2.11. The van der Waals surface area contributed by atoms with Crippen molar-refractivity contribution in [2.24, 2.45) is 5.92 Å². The summed E-state index contributed by atoms with van der Waals surface area (Å²) in [6.45, 7) is 3.70. The van der Waals surface area contributed by atoms with Gasteiger partial charge in [-0.1, -0.05) is 0 Å². The molecule has 0 saturated carbocycles. The van der Waals surface area contributed by atoms with Crippen molar-refractivity contribution in [2.75, 3.05) is 13.2 Å². The lowest BCUT2D eigenvalue weighted by Gasteiger charge is -2.28. The summed E-state index contributed by atoms with van der Waals surface area (Å²) in [5, 5.41) is 4.99. The molecule has 2 heterocycles. The van der Waals surface area contributed by atoms with Gasteiger partial charge in [0.05, 0.1) is 0 Å². The SMILES string of the molecule is CC(NC(=O)c1sccc1Br)C1CCOCC1. The molecule has 17 heavy (non-hydrogen) atoms. The molecule has 1 aliphatic heterocycles. The maximum Gasteiger partial charge on any atom is 0.262 e. The first-order chi connectivity index (χ1) is 8.18. The van der Waals surface area contributed by atoms with Crippen LogP contribution in [0.15, 0.2) is 15.9 Å². The van der Waals surface area contributed by atoms with Crippen LogP contribution in [0.4, 0.5) is 0 Å². The van der Waals surface area contributed by atoms with Gasteiger partial charge in [-0.3, -0.25) is 4.79 Å². The Hall–Kier alpha value is -0.390. The minimum atomic E-state index is 0.0193. The molecule has 2 rings (SSSR count). The Morgan fingerprint density at radius 2 is 2.29 bits per heavy atom. The Kier molecular flexibility index (Phi) is 4.59. The van der Waals surface area contributed by atoms with Gasteiger partial charge in [0.2, 0.25) is 0 Å². The molecule has 94 valence electrons.